The van der Waals surface area contributed by atoms with E-state index in [0.29, 0.717) is 0 Å². The first kappa shape index (κ1) is 19.7. The predicted molar refractivity (Wildman–Crippen MR) is 67.6 cm³/mol. The van der Waals surface area contributed by atoms with Gasteiger partial charge in [-0.15, -0.1) is 0 Å². The number of hydrogen-bond donors (Lipinski definition) is 0. The molecule has 0 aliphatic carbocycles. The monoisotopic (exact) mass is 357 g/mol. The molecule has 1 aromatic heterocycles. The van der Waals surface area contributed by atoms with Gasteiger partial charge in [0.25, 0.3) is 6.43 Å². The van der Waals surface area contributed by atoms with Gasteiger partial charge in [-0.3, -0.25) is 0 Å². The average molecular weight is 357 g/mol. The number of methoxy groups -OCH3 is 3. The summed E-state index contributed by atoms with van der Waals surface area (Å²) < 4.78 is 78.9. The van der Waals surface area contributed by atoms with Crippen molar-refractivity contribution < 1.29 is 45.8 Å². The van der Waals surface area contributed by atoms with Crippen molar-refractivity contribution in [2.75, 3.05) is 21.3 Å². The molecule has 0 unspecified atom stereocenters. The topological polar surface area (TPSA) is 74.7 Å². The van der Waals surface area contributed by atoms with Crippen LogP contribution in [0.5, 0.6) is 0 Å². The number of nitrogens with zero attached hydrogens (tertiary/aromatic N) is 1. The minimum absolute atomic E-state index is 0.742. The highest BCUT2D eigenvalue weighted by molar-refractivity contribution is 5.99. The molecule has 0 spiro atoms. The maximum absolute atomic E-state index is 13.2. The molecule has 0 aliphatic rings. The largest absolute Gasteiger partial charge is 0.465 e. The summed E-state index contributed by atoms with van der Waals surface area (Å²) in [5.74, 6) is -2.89. The number of pyridine rings is 1. The zero-order valence-corrected chi connectivity index (χ0v) is 12.7. The normalized spacial score (nSPS) is 11.5. The number of esters is 2. The molecule has 134 valence electrons. The second kappa shape index (κ2) is 7.51. The van der Waals surface area contributed by atoms with E-state index in [1.165, 1.54) is 0 Å². The van der Waals surface area contributed by atoms with Crippen LogP contribution in [0.25, 0.3) is 0 Å². The lowest BCUT2D eigenvalue weighted by molar-refractivity contribution is -0.142. The van der Waals surface area contributed by atoms with Crippen LogP contribution in [0.1, 0.15) is 44.1 Å². The Morgan fingerprint density at radius 3 is 1.92 bits per heavy atom. The van der Waals surface area contributed by atoms with Crippen LogP contribution in [0.3, 0.4) is 0 Å². The first-order valence-corrected chi connectivity index (χ1v) is 6.17. The highest BCUT2D eigenvalue weighted by Crippen LogP contribution is 2.37. The van der Waals surface area contributed by atoms with E-state index in [-0.39, 0.29) is 0 Å². The standard InChI is InChI=1S/C13H12F5NO5/c1-22-4-5-6(11(20)23-2)8(10(14)15)19-9(13(16,17)18)7(5)12(21)24-3/h10H,4H2,1-3H3. The van der Waals surface area contributed by atoms with E-state index >= 15 is 0 Å². The highest BCUT2D eigenvalue weighted by Gasteiger charge is 2.43. The number of alkyl halides is 5. The van der Waals surface area contributed by atoms with Gasteiger partial charge in [-0.05, 0) is 0 Å². The summed E-state index contributed by atoms with van der Waals surface area (Å²) >= 11 is 0. The second-order valence-electron chi connectivity index (χ2n) is 4.29. The van der Waals surface area contributed by atoms with E-state index in [2.05, 4.69) is 19.2 Å². The fraction of sp³-hybridized carbons (Fsp3) is 0.462. The summed E-state index contributed by atoms with van der Waals surface area (Å²) in [6.07, 6.45) is -8.77. The summed E-state index contributed by atoms with van der Waals surface area (Å²) in [6.45, 7) is -0.750. The highest BCUT2D eigenvalue weighted by atomic mass is 19.4. The minimum Gasteiger partial charge on any atom is -0.465 e. The van der Waals surface area contributed by atoms with Crippen molar-refractivity contribution in [2.45, 2.75) is 19.2 Å². The molecule has 24 heavy (non-hydrogen) atoms. The van der Waals surface area contributed by atoms with Crippen molar-refractivity contribution in [3.63, 3.8) is 0 Å². The quantitative estimate of drug-likeness (QED) is 0.596. The number of halogens is 5. The molecular weight excluding hydrogens is 345 g/mol. The second-order valence-corrected chi connectivity index (χ2v) is 4.29. The van der Waals surface area contributed by atoms with Gasteiger partial charge < -0.3 is 14.2 Å². The Kier molecular flexibility index (Phi) is 6.18. The van der Waals surface area contributed by atoms with Crippen molar-refractivity contribution in [3.05, 3.63) is 28.1 Å². The number of aromatic nitrogens is 1. The smallest absolute Gasteiger partial charge is 0.434 e. The maximum Gasteiger partial charge on any atom is 0.434 e. The molecule has 6 nitrogen and oxygen atoms in total. The minimum atomic E-state index is -5.25. The Balaban J connectivity index is 4.01. The lowest BCUT2D eigenvalue weighted by Gasteiger charge is -2.19. The molecule has 11 heteroatoms. The lowest BCUT2D eigenvalue weighted by Crippen LogP contribution is -2.25. The van der Waals surface area contributed by atoms with Gasteiger partial charge in [-0.25, -0.2) is 23.4 Å². The van der Waals surface area contributed by atoms with Gasteiger partial charge in [0.1, 0.15) is 5.69 Å². The summed E-state index contributed by atoms with van der Waals surface area (Å²) in [7, 11) is 2.67. The molecule has 0 N–H and O–H groups in total. The Hall–Kier alpha value is -2.30. The summed E-state index contributed by atoms with van der Waals surface area (Å²) in [5, 5.41) is 0. The zero-order chi connectivity index (χ0) is 18.7. The van der Waals surface area contributed by atoms with Gasteiger partial charge >= 0.3 is 18.1 Å². The lowest BCUT2D eigenvalue weighted by atomic mass is 9.97. The molecular formula is C13H12F5NO5. The van der Waals surface area contributed by atoms with E-state index in [0.717, 1.165) is 21.3 Å². The zero-order valence-electron chi connectivity index (χ0n) is 12.7. The third-order valence-corrected chi connectivity index (χ3v) is 2.87. The molecule has 0 amide bonds. The van der Waals surface area contributed by atoms with E-state index in [9.17, 15) is 31.5 Å². The molecule has 0 saturated carbocycles. The number of rotatable bonds is 5. The van der Waals surface area contributed by atoms with Gasteiger partial charge in [0.2, 0.25) is 0 Å². The maximum atomic E-state index is 13.2. The fourth-order valence-corrected chi connectivity index (χ4v) is 1.96. The molecule has 0 saturated heterocycles. The van der Waals surface area contributed by atoms with Crippen molar-refractivity contribution >= 4 is 11.9 Å². The van der Waals surface area contributed by atoms with Crippen LogP contribution in [0.4, 0.5) is 22.0 Å². The molecule has 0 aliphatic heterocycles. The molecule has 1 aromatic rings. The van der Waals surface area contributed by atoms with Gasteiger partial charge in [0.05, 0.1) is 32.0 Å². The van der Waals surface area contributed by atoms with Gasteiger partial charge in [0, 0.05) is 12.7 Å². The van der Waals surface area contributed by atoms with Crippen LogP contribution in [-0.2, 0) is 27.0 Å². The molecule has 0 radical (unpaired) electrons. The number of carbonyl (C=O) groups is 2. The first-order chi connectivity index (χ1) is 11.1. The number of carbonyl (C=O) groups excluding carboxylic acids is 2. The van der Waals surface area contributed by atoms with E-state index in [1.54, 1.807) is 0 Å². The molecule has 0 atom stereocenters. The van der Waals surface area contributed by atoms with Crippen LogP contribution in [0, 0.1) is 0 Å². The molecule has 1 rings (SSSR count). The molecule has 0 aromatic carbocycles. The van der Waals surface area contributed by atoms with E-state index in [1.807, 2.05) is 0 Å². The van der Waals surface area contributed by atoms with Crippen LogP contribution in [0.2, 0.25) is 0 Å². The van der Waals surface area contributed by atoms with Gasteiger partial charge in [0.15, 0.2) is 5.69 Å². The van der Waals surface area contributed by atoms with Crippen LogP contribution in [-0.4, -0.2) is 38.3 Å². The molecule has 0 bridgehead atoms. The van der Waals surface area contributed by atoms with Gasteiger partial charge in [-0.1, -0.05) is 0 Å². The Morgan fingerprint density at radius 2 is 1.54 bits per heavy atom. The summed E-state index contributed by atoms with van der Waals surface area (Å²) in [5.41, 5.74) is -6.26. The third kappa shape index (κ3) is 3.78. The van der Waals surface area contributed by atoms with Gasteiger partial charge in [-0.2, -0.15) is 13.2 Å². The van der Waals surface area contributed by atoms with Crippen LogP contribution < -0.4 is 0 Å². The summed E-state index contributed by atoms with van der Waals surface area (Å²) in [4.78, 5) is 26.3. The van der Waals surface area contributed by atoms with Crippen LogP contribution >= 0.6 is 0 Å². The van der Waals surface area contributed by atoms with E-state index < -0.39 is 59.2 Å². The van der Waals surface area contributed by atoms with Crippen molar-refractivity contribution in [2.24, 2.45) is 0 Å². The summed E-state index contributed by atoms with van der Waals surface area (Å²) in [6, 6.07) is 0. The third-order valence-electron chi connectivity index (χ3n) is 2.87. The fourth-order valence-electron chi connectivity index (χ4n) is 1.96. The van der Waals surface area contributed by atoms with Crippen LogP contribution in [0.15, 0.2) is 0 Å². The number of hydrogen-bond acceptors (Lipinski definition) is 6. The Morgan fingerprint density at radius 1 is 1.04 bits per heavy atom. The van der Waals surface area contributed by atoms with E-state index in [4.69, 9.17) is 0 Å². The average Bonchev–Trinajstić information content (AvgIpc) is 2.51. The number of ether oxygens (including phenoxy) is 3. The van der Waals surface area contributed by atoms with Crippen molar-refractivity contribution in [3.8, 4) is 0 Å². The first-order valence-electron chi connectivity index (χ1n) is 6.17. The SMILES string of the molecule is COCc1c(C(=O)OC)c(C(F)F)nc(C(F)(F)F)c1C(=O)OC. The Labute approximate surface area is 132 Å². The molecule has 1 heterocycles. The molecule has 0 fully saturated rings. The Bertz CT molecular complexity index is 645. The van der Waals surface area contributed by atoms with Crippen molar-refractivity contribution in [1.29, 1.82) is 0 Å². The van der Waals surface area contributed by atoms with Crippen molar-refractivity contribution in [1.82, 2.24) is 4.98 Å². The predicted octanol–water partition coefficient (Wildman–Crippen LogP) is 2.76.